The van der Waals surface area contributed by atoms with Gasteiger partial charge in [-0.3, -0.25) is 9.36 Å². The van der Waals surface area contributed by atoms with E-state index in [1.807, 2.05) is 30.3 Å². The number of hydrogen-bond donors (Lipinski definition) is 0. The van der Waals surface area contributed by atoms with Crippen LogP contribution in [-0.4, -0.2) is 22.6 Å². The van der Waals surface area contributed by atoms with Gasteiger partial charge in [-0.25, -0.2) is 9.78 Å². The van der Waals surface area contributed by atoms with Crippen molar-refractivity contribution in [3.8, 4) is 0 Å². The SMILES string of the molecule is COC(=O)c1ccc2c(=O)n(CC(C)C)c(SCc3ccccc3)nc2c1. The maximum atomic E-state index is 13.0. The van der Waals surface area contributed by atoms with Crippen molar-refractivity contribution in [2.75, 3.05) is 7.11 Å². The largest absolute Gasteiger partial charge is 0.465 e. The fourth-order valence-electron chi connectivity index (χ4n) is 2.80. The molecule has 0 saturated heterocycles. The lowest BCUT2D eigenvalue weighted by Gasteiger charge is -2.15. The van der Waals surface area contributed by atoms with E-state index in [1.54, 1.807) is 22.8 Å². The molecule has 1 heterocycles. The van der Waals surface area contributed by atoms with E-state index >= 15 is 0 Å². The molecule has 0 radical (unpaired) electrons. The molecule has 5 nitrogen and oxygen atoms in total. The summed E-state index contributed by atoms with van der Waals surface area (Å²) in [6.45, 7) is 4.74. The smallest absolute Gasteiger partial charge is 0.337 e. The Kier molecular flexibility index (Phi) is 5.96. The molecule has 0 atom stereocenters. The van der Waals surface area contributed by atoms with Gasteiger partial charge in [0.25, 0.3) is 5.56 Å². The number of esters is 1. The van der Waals surface area contributed by atoms with Crippen LogP contribution in [0.2, 0.25) is 0 Å². The number of methoxy groups -OCH3 is 1. The number of aromatic nitrogens is 2. The second-order valence-corrected chi connectivity index (χ2v) is 7.64. The summed E-state index contributed by atoms with van der Waals surface area (Å²) in [6, 6.07) is 14.9. The standard InChI is InChI=1S/C21H22N2O3S/c1-14(2)12-23-19(24)17-10-9-16(20(25)26-3)11-18(17)22-21(23)27-13-15-7-5-4-6-8-15/h4-11,14H,12-13H2,1-3H3. The third-order valence-electron chi connectivity index (χ3n) is 4.10. The fourth-order valence-corrected chi connectivity index (χ4v) is 3.77. The van der Waals surface area contributed by atoms with Gasteiger partial charge < -0.3 is 4.74 Å². The van der Waals surface area contributed by atoms with E-state index in [2.05, 4.69) is 13.8 Å². The Balaban J connectivity index is 2.06. The Morgan fingerprint density at radius 3 is 2.59 bits per heavy atom. The summed E-state index contributed by atoms with van der Waals surface area (Å²) in [4.78, 5) is 29.6. The van der Waals surface area contributed by atoms with Crippen molar-refractivity contribution in [1.82, 2.24) is 9.55 Å². The summed E-state index contributed by atoms with van der Waals surface area (Å²) >= 11 is 1.53. The molecular weight excluding hydrogens is 360 g/mol. The van der Waals surface area contributed by atoms with Crippen LogP contribution < -0.4 is 5.56 Å². The molecule has 0 unspecified atom stereocenters. The van der Waals surface area contributed by atoms with Gasteiger partial charge in [0.1, 0.15) is 0 Å². The Labute approximate surface area is 162 Å². The monoisotopic (exact) mass is 382 g/mol. The predicted octanol–water partition coefficient (Wildman–Crippen LogP) is 4.13. The molecule has 0 aliphatic heterocycles. The topological polar surface area (TPSA) is 61.2 Å². The molecule has 3 rings (SSSR count). The van der Waals surface area contributed by atoms with E-state index in [0.29, 0.717) is 39.8 Å². The number of benzene rings is 2. The minimum Gasteiger partial charge on any atom is -0.465 e. The molecule has 3 aromatic rings. The Bertz CT molecular complexity index is 1010. The quantitative estimate of drug-likeness (QED) is 0.364. The maximum absolute atomic E-state index is 13.0. The number of thioether (sulfide) groups is 1. The van der Waals surface area contributed by atoms with Crippen LogP contribution in [0, 0.1) is 5.92 Å². The molecule has 0 fully saturated rings. The highest BCUT2D eigenvalue weighted by atomic mass is 32.2. The van der Waals surface area contributed by atoms with Crippen molar-refractivity contribution in [2.24, 2.45) is 5.92 Å². The van der Waals surface area contributed by atoms with Crippen LogP contribution in [0.1, 0.15) is 29.8 Å². The van der Waals surface area contributed by atoms with Gasteiger partial charge in [0, 0.05) is 12.3 Å². The first-order valence-electron chi connectivity index (χ1n) is 8.79. The van der Waals surface area contributed by atoms with Crippen molar-refractivity contribution in [3.63, 3.8) is 0 Å². The van der Waals surface area contributed by atoms with E-state index in [-0.39, 0.29) is 5.56 Å². The summed E-state index contributed by atoms with van der Waals surface area (Å²) in [5.41, 5.74) is 1.98. The summed E-state index contributed by atoms with van der Waals surface area (Å²) < 4.78 is 6.51. The molecule has 0 aliphatic carbocycles. The minimum absolute atomic E-state index is 0.0827. The summed E-state index contributed by atoms with van der Waals surface area (Å²) in [5, 5.41) is 1.17. The van der Waals surface area contributed by atoms with Gasteiger partial charge in [-0.1, -0.05) is 55.9 Å². The van der Waals surface area contributed by atoms with Crippen molar-refractivity contribution < 1.29 is 9.53 Å². The second kappa shape index (κ2) is 8.39. The molecule has 2 aromatic carbocycles. The first-order valence-corrected chi connectivity index (χ1v) is 9.77. The van der Waals surface area contributed by atoms with Crippen LogP contribution in [0.5, 0.6) is 0 Å². The second-order valence-electron chi connectivity index (χ2n) is 6.70. The van der Waals surface area contributed by atoms with E-state index in [9.17, 15) is 9.59 Å². The third-order valence-corrected chi connectivity index (χ3v) is 5.15. The van der Waals surface area contributed by atoms with Crippen molar-refractivity contribution in [1.29, 1.82) is 0 Å². The van der Waals surface area contributed by atoms with E-state index in [0.717, 1.165) is 5.56 Å². The summed E-state index contributed by atoms with van der Waals surface area (Å²) in [7, 11) is 1.34. The van der Waals surface area contributed by atoms with Crippen molar-refractivity contribution >= 4 is 28.6 Å². The molecule has 0 saturated carbocycles. The van der Waals surface area contributed by atoms with Crippen LogP contribution >= 0.6 is 11.8 Å². The van der Waals surface area contributed by atoms with Gasteiger partial charge in [0.2, 0.25) is 0 Å². The van der Waals surface area contributed by atoms with Gasteiger partial charge in [-0.15, -0.1) is 0 Å². The van der Waals surface area contributed by atoms with Crippen LogP contribution in [0.15, 0.2) is 58.5 Å². The number of ether oxygens (including phenoxy) is 1. The molecule has 1 aromatic heterocycles. The summed E-state index contributed by atoms with van der Waals surface area (Å²) in [5.74, 6) is 0.587. The Morgan fingerprint density at radius 2 is 1.93 bits per heavy atom. The molecule has 0 N–H and O–H groups in total. The van der Waals surface area contributed by atoms with Gasteiger partial charge >= 0.3 is 5.97 Å². The van der Waals surface area contributed by atoms with E-state index in [4.69, 9.17) is 9.72 Å². The number of carbonyl (C=O) groups excluding carboxylic acids is 1. The predicted molar refractivity (Wildman–Crippen MR) is 108 cm³/mol. The number of fused-ring (bicyclic) bond motifs is 1. The number of carbonyl (C=O) groups is 1. The lowest BCUT2D eigenvalue weighted by Crippen LogP contribution is -2.25. The van der Waals surface area contributed by atoms with Crippen molar-refractivity contribution in [2.45, 2.75) is 31.3 Å². The first kappa shape index (κ1) is 19.2. The van der Waals surface area contributed by atoms with Crippen LogP contribution in [-0.2, 0) is 17.0 Å². The number of nitrogens with zero attached hydrogens (tertiary/aromatic N) is 2. The van der Waals surface area contributed by atoms with Crippen LogP contribution in [0.3, 0.4) is 0 Å². The summed E-state index contributed by atoms with van der Waals surface area (Å²) in [6.07, 6.45) is 0. The normalized spacial score (nSPS) is 11.1. The van der Waals surface area contributed by atoms with E-state index in [1.165, 1.54) is 18.9 Å². The van der Waals surface area contributed by atoms with Crippen LogP contribution in [0.4, 0.5) is 0 Å². The molecule has 0 bridgehead atoms. The van der Waals surface area contributed by atoms with Gasteiger partial charge in [0.15, 0.2) is 5.16 Å². The zero-order valence-electron chi connectivity index (χ0n) is 15.6. The molecule has 0 amide bonds. The van der Waals surface area contributed by atoms with Gasteiger partial charge in [-0.2, -0.15) is 0 Å². The molecular formula is C21H22N2O3S. The number of rotatable bonds is 6. The molecule has 6 heteroatoms. The highest BCUT2D eigenvalue weighted by molar-refractivity contribution is 7.98. The van der Waals surface area contributed by atoms with Gasteiger partial charge in [-0.05, 0) is 29.7 Å². The zero-order chi connectivity index (χ0) is 19.4. The zero-order valence-corrected chi connectivity index (χ0v) is 16.5. The molecule has 0 spiro atoms. The van der Waals surface area contributed by atoms with Gasteiger partial charge in [0.05, 0.1) is 23.6 Å². The highest BCUT2D eigenvalue weighted by Gasteiger charge is 2.15. The lowest BCUT2D eigenvalue weighted by atomic mass is 10.1. The van der Waals surface area contributed by atoms with Crippen molar-refractivity contribution in [3.05, 3.63) is 70.0 Å². The third kappa shape index (κ3) is 4.39. The van der Waals surface area contributed by atoms with Crippen LogP contribution in [0.25, 0.3) is 10.9 Å². The first-order chi connectivity index (χ1) is 13.0. The average molecular weight is 382 g/mol. The molecule has 0 aliphatic rings. The maximum Gasteiger partial charge on any atom is 0.337 e. The van der Waals surface area contributed by atoms with E-state index < -0.39 is 5.97 Å². The Hall–Kier alpha value is -2.60. The molecule has 27 heavy (non-hydrogen) atoms. The average Bonchev–Trinajstić information content (AvgIpc) is 2.68. The Morgan fingerprint density at radius 1 is 1.19 bits per heavy atom. The highest BCUT2D eigenvalue weighted by Crippen LogP contribution is 2.23. The fraction of sp³-hybridized carbons (Fsp3) is 0.286. The molecule has 140 valence electrons. The lowest BCUT2D eigenvalue weighted by molar-refractivity contribution is 0.0601. The number of hydrogen-bond acceptors (Lipinski definition) is 5. The minimum atomic E-state index is -0.441.